The van der Waals surface area contributed by atoms with Crippen LogP contribution in [0.1, 0.15) is 18.4 Å². The molecule has 0 spiro atoms. The second-order valence-corrected chi connectivity index (χ2v) is 6.05. The van der Waals surface area contributed by atoms with Crippen LogP contribution in [0.2, 0.25) is 0 Å². The smallest absolute Gasteiger partial charge is 0.292 e. The lowest BCUT2D eigenvalue weighted by atomic mass is 9.96. The zero-order chi connectivity index (χ0) is 15.4. The van der Waals surface area contributed by atoms with Crippen LogP contribution < -0.4 is 5.73 Å². The molecule has 6 nitrogen and oxygen atoms in total. The number of nitrogen functional groups attached to an aromatic ring is 1. The number of likely N-dealkylation sites (tertiary alicyclic amines) is 1. The highest BCUT2D eigenvalue weighted by atomic mass is 16.6. The van der Waals surface area contributed by atoms with E-state index in [0.717, 1.165) is 25.2 Å². The van der Waals surface area contributed by atoms with Crippen molar-refractivity contribution in [3.05, 3.63) is 33.9 Å². The summed E-state index contributed by atoms with van der Waals surface area (Å²) >= 11 is 0. The van der Waals surface area contributed by atoms with E-state index in [2.05, 4.69) is 23.9 Å². The molecular formula is C15H24N4O2. The van der Waals surface area contributed by atoms with Crippen molar-refractivity contribution in [3.8, 4) is 0 Å². The molecule has 1 heterocycles. The van der Waals surface area contributed by atoms with Gasteiger partial charge < -0.3 is 15.5 Å². The molecule has 0 bridgehead atoms. The second-order valence-electron chi connectivity index (χ2n) is 6.05. The molecule has 1 aliphatic rings. The Kier molecular flexibility index (Phi) is 5.14. The van der Waals surface area contributed by atoms with Gasteiger partial charge in [-0.25, -0.2) is 0 Å². The fourth-order valence-corrected chi connectivity index (χ4v) is 2.94. The van der Waals surface area contributed by atoms with Crippen LogP contribution in [0, 0.1) is 16.0 Å². The molecule has 0 saturated carbocycles. The van der Waals surface area contributed by atoms with E-state index in [1.807, 2.05) is 6.07 Å². The van der Waals surface area contributed by atoms with Gasteiger partial charge in [0.15, 0.2) is 0 Å². The van der Waals surface area contributed by atoms with Gasteiger partial charge in [0, 0.05) is 19.2 Å². The van der Waals surface area contributed by atoms with Crippen LogP contribution in [0.4, 0.5) is 11.4 Å². The third-order valence-corrected chi connectivity index (χ3v) is 4.22. The normalized spacial score (nSPS) is 17.3. The number of piperidine rings is 1. The van der Waals surface area contributed by atoms with Crippen LogP contribution in [0.25, 0.3) is 0 Å². The minimum atomic E-state index is -0.421. The van der Waals surface area contributed by atoms with E-state index in [9.17, 15) is 10.1 Å². The molecule has 1 saturated heterocycles. The van der Waals surface area contributed by atoms with E-state index >= 15 is 0 Å². The molecule has 0 atom stereocenters. The van der Waals surface area contributed by atoms with Gasteiger partial charge in [-0.2, -0.15) is 0 Å². The van der Waals surface area contributed by atoms with E-state index in [1.54, 1.807) is 6.07 Å². The number of hydrogen-bond acceptors (Lipinski definition) is 5. The standard InChI is InChI=1S/C15H24N4O2/c1-17-8-6-12(7-9-17)10-18(2)11-13-4-3-5-14(15(13)16)19(20)21/h3-5,12H,6-11,16H2,1-2H3. The van der Waals surface area contributed by atoms with Crippen molar-refractivity contribution >= 4 is 11.4 Å². The summed E-state index contributed by atoms with van der Waals surface area (Å²) in [6, 6.07) is 5.02. The Morgan fingerprint density at radius 2 is 2.10 bits per heavy atom. The Balaban J connectivity index is 1.95. The summed E-state index contributed by atoms with van der Waals surface area (Å²) in [5, 5.41) is 10.9. The number of para-hydroxylation sites is 1. The fraction of sp³-hybridized carbons (Fsp3) is 0.600. The predicted molar refractivity (Wildman–Crippen MR) is 84.1 cm³/mol. The molecule has 6 heteroatoms. The van der Waals surface area contributed by atoms with Gasteiger partial charge >= 0.3 is 0 Å². The predicted octanol–water partition coefficient (Wildman–Crippen LogP) is 1.95. The minimum absolute atomic E-state index is 0.000177. The maximum atomic E-state index is 10.9. The lowest BCUT2D eigenvalue weighted by Gasteiger charge is -2.31. The highest BCUT2D eigenvalue weighted by Crippen LogP contribution is 2.26. The van der Waals surface area contributed by atoms with E-state index < -0.39 is 4.92 Å². The van der Waals surface area contributed by atoms with Crippen LogP contribution in [-0.4, -0.2) is 48.5 Å². The summed E-state index contributed by atoms with van der Waals surface area (Å²) in [5.74, 6) is 0.700. The van der Waals surface area contributed by atoms with Crippen LogP contribution in [0.3, 0.4) is 0 Å². The molecule has 0 amide bonds. The van der Waals surface area contributed by atoms with E-state index in [0.29, 0.717) is 12.5 Å². The number of nitrogens with two attached hydrogens (primary N) is 1. The molecule has 2 N–H and O–H groups in total. The lowest BCUT2D eigenvalue weighted by Crippen LogP contribution is -2.35. The molecular weight excluding hydrogens is 268 g/mol. The first kappa shape index (κ1) is 15.7. The topological polar surface area (TPSA) is 75.6 Å². The van der Waals surface area contributed by atoms with Crippen molar-refractivity contribution < 1.29 is 4.92 Å². The summed E-state index contributed by atoms with van der Waals surface area (Å²) in [4.78, 5) is 15.1. The molecule has 1 aromatic rings. The number of anilines is 1. The molecule has 0 aromatic heterocycles. The molecule has 2 rings (SSSR count). The van der Waals surface area contributed by atoms with Crippen LogP contribution in [0.15, 0.2) is 18.2 Å². The van der Waals surface area contributed by atoms with Gasteiger partial charge in [-0.3, -0.25) is 10.1 Å². The Morgan fingerprint density at radius 1 is 1.43 bits per heavy atom. The number of nitrogens with zero attached hydrogens (tertiary/aromatic N) is 3. The zero-order valence-corrected chi connectivity index (χ0v) is 12.8. The Hall–Kier alpha value is -1.66. The Morgan fingerprint density at radius 3 is 2.71 bits per heavy atom. The van der Waals surface area contributed by atoms with Gasteiger partial charge in [-0.1, -0.05) is 12.1 Å². The molecule has 0 unspecified atom stereocenters. The van der Waals surface area contributed by atoms with Gasteiger partial charge in [0.25, 0.3) is 5.69 Å². The maximum absolute atomic E-state index is 10.9. The van der Waals surface area contributed by atoms with E-state index in [-0.39, 0.29) is 11.4 Å². The molecule has 0 radical (unpaired) electrons. The van der Waals surface area contributed by atoms with Crippen LogP contribution in [-0.2, 0) is 6.54 Å². The van der Waals surface area contributed by atoms with Crippen LogP contribution >= 0.6 is 0 Å². The first-order valence-electron chi connectivity index (χ1n) is 7.36. The van der Waals surface area contributed by atoms with Gasteiger partial charge in [0.05, 0.1) is 4.92 Å². The van der Waals surface area contributed by atoms with Gasteiger partial charge in [-0.05, 0) is 51.5 Å². The quantitative estimate of drug-likeness (QED) is 0.510. The Labute approximate surface area is 125 Å². The Bertz CT molecular complexity index is 498. The SMILES string of the molecule is CN1CCC(CN(C)Cc2cccc([N+](=O)[O-])c2N)CC1. The van der Waals surface area contributed by atoms with Crippen molar-refractivity contribution in [1.82, 2.24) is 9.80 Å². The lowest BCUT2D eigenvalue weighted by molar-refractivity contribution is -0.384. The third kappa shape index (κ3) is 4.15. The minimum Gasteiger partial charge on any atom is -0.393 e. The van der Waals surface area contributed by atoms with Gasteiger partial charge in [0.2, 0.25) is 0 Å². The highest BCUT2D eigenvalue weighted by molar-refractivity contribution is 5.62. The van der Waals surface area contributed by atoms with E-state index in [1.165, 1.54) is 18.9 Å². The average molecular weight is 292 g/mol. The molecule has 21 heavy (non-hydrogen) atoms. The third-order valence-electron chi connectivity index (χ3n) is 4.22. The monoisotopic (exact) mass is 292 g/mol. The van der Waals surface area contributed by atoms with Crippen molar-refractivity contribution in [3.63, 3.8) is 0 Å². The van der Waals surface area contributed by atoms with Crippen molar-refractivity contribution in [2.75, 3.05) is 39.5 Å². The number of nitro benzene ring substituents is 1. The van der Waals surface area contributed by atoms with Crippen LogP contribution in [0.5, 0.6) is 0 Å². The first-order chi connectivity index (χ1) is 9.97. The molecule has 1 fully saturated rings. The number of nitro groups is 1. The zero-order valence-electron chi connectivity index (χ0n) is 12.8. The number of rotatable bonds is 5. The molecule has 1 aliphatic heterocycles. The maximum Gasteiger partial charge on any atom is 0.292 e. The summed E-state index contributed by atoms with van der Waals surface area (Å²) < 4.78 is 0. The molecule has 116 valence electrons. The largest absolute Gasteiger partial charge is 0.393 e. The van der Waals surface area contributed by atoms with Crippen molar-refractivity contribution in [2.45, 2.75) is 19.4 Å². The molecule has 0 aliphatic carbocycles. The summed E-state index contributed by atoms with van der Waals surface area (Å²) in [6.07, 6.45) is 2.43. The summed E-state index contributed by atoms with van der Waals surface area (Å²) in [7, 11) is 4.21. The fourth-order valence-electron chi connectivity index (χ4n) is 2.94. The first-order valence-corrected chi connectivity index (χ1v) is 7.36. The van der Waals surface area contributed by atoms with Gasteiger partial charge in [0.1, 0.15) is 5.69 Å². The summed E-state index contributed by atoms with van der Waals surface area (Å²) in [6.45, 7) is 3.96. The van der Waals surface area contributed by atoms with E-state index in [4.69, 9.17) is 5.73 Å². The second kappa shape index (κ2) is 6.87. The molecule has 1 aromatic carbocycles. The van der Waals surface area contributed by atoms with Crippen molar-refractivity contribution in [1.29, 1.82) is 0 Å². The summed E-state index contributed by atoms with van der Waals surface area (Å²) in [5.41, 5.74) is 7.03. The highest BCUT2D eigenvalue weighted by Gasteiger charge is 2.20. The van der Waals surface area contributed by atoms with Gasteiger partial charge in [-0.15, -0.1) is 0 Å². The van der Waals surface area contributed by atoms with Crippen molar-refractivity contribution in [2.24, 2.45) is 5.92 Å². The average Bonchev–Trinajstić information content (AvgIpc) is 2.43. The number of benzene rings is 1. The number of hydrogen-bond donors (Lipinski definition) is 1.